The van der Waals surface area contributed by atoms with Gasteiger partial charge in [-0.05, 0) is 45.3 Å². The average Bonchev–Trinajstić information content (AvgIpc) is 3.00. The van der Waals surface area contributed by atoms with Crippen LogP contribution in [0.4, 0.5) is 0 Å². The highest BCUT2D eigenvalue weighted by molar-refractivity contribution is 9.11. The molecular formula is C17H18BrClO5S. The lowest BCUT2D eigenvalue weighted by Gasteiger charge is -2.40. The molecule has 3 rings (SSSR count). The maximum atomic E-state index is 10.3. The van der Waals surface area contributed by atoms with Gasteiger partial charge < -0.3 is 25.2 Å². The van der Waals surface area contributed by atoms with Crippen LogP contribution in [-0.2, 0) is 11.2 Å². The molecule has 0 saturated carbocycles. The Morgan fingerprint density at radius 1 is 1.08 bits per heavy atom. The van der Waals surface area contributed by atoms with Crippen molar-refractivity contribution in [3.63, 3.8) is 0 Å². The Morgan fingerprint density at radius 2 is 1.84 bits per heavy atom. The van der Waals surface area contributed by atoms with E-state index < -0.39 is 37.1 Å². The van der Waals surface area contributed by atoms with E-state index in [9.17, 15) is 20.4 Å². The van der Waals surface area contributed by atoms with Crippen LogP contribution in [0.5, 0.6) is 0 Å². The summed E-state index contributed by atoms with van der Waals surface area (Å²) in [7, 11) is 0. The van der Waals surface area contributed by atoms with Gasteiger partial charge in [0.15, 0.2) is 0 Å². The molecule has 25 heavy (non-hydrogen) atoms. The molecule has 0 radical (unpaired) electrons. The topological polar surface area (TPSA) is 90.2 Å². The van der Waals surface area contributed by atoms with Gasteiger partial charge in [0.05, 0.1) is 10.4 Å². The zero-order chi connectivity index (χ0) is 18.1. The van der Waals surface area contributed by atoms with Gasteiger partial charge >= 0.3 is 0 Å². The molecule has 1 fully saturated rings. The van der Waals surface area contributed by atoms with Crippen molar-refractivity contribution < 1.29 is 25.2 Å². The largest absolute Gasteiger partial charge is 0.394 e. The monoisotopic (exact) mass is 448 g/mol. The van der Waals surface area contributed by atoms with Crippen molar-refractivity contribution in [1.29, 1.82) is 0 Å². The lowest BCUT2D eigenvalue weighted by atomic mass is 9.90. The first-order valence-corrected chi connectivity index (χ1v) is 9.72. The molecule has 136 valence electrons. The summed E-state index contributed by atoms with van der Waals surface area (Å²) < 4.78 is 6.64. The summed E-state index contributed by atoms with van der Waals surface area (Å²) >= 11 is 11.3. The second-order valence-electron chi connectivity index (χ2n) is 5.98. The third-order valence-corrected chi connectivity index (χ3v) is 6.28. The molecule has 1 aliphatic rings. The third kappa shape index (κ3) is 4.09. The highest BCUT2D eigenvalue weighted by Gasteiger charge is 2.43. The van der Waals surface area contributed by atoms with Gasteiger partial charge in [-0.3, -0.25) is 0 Å². The zero-order valence-electron chi connectivity index (χ0n) is 13.0. The second kappa shape index (κ2) is 8.02. The SMILES string of the molecule is OC[C@H]1OC(c2ccc(Cl)c(Cc3ccc(Br)s3)c2)[C@H](O)[C@@H](O)[C@@H]1O. The minimum atomic E-state index is -1.40. The first kappa shape index (κ1) is 19.3. The summed E-state index contributed by atoms with van der Waals surface area (Å²) in [5.74, 6) is 0. The second-order valence-corrected chi connectivity index (χ2v) is 8.94. The molecule has 0 aliphatic carbocycles. The Morgan fingerprint density at radius 3 is 2.48 bits per heavy atom. The van der Waals surface area contributed by atoms with Gasteiger partial charge in [-0.2, -0.15) is 0 Å². The lowest BCUT2D eigenvalue weighted by molar-refractivity contribution is -0.231. The van der Waals surface area contributed by atoms with E-state index in [1.807, 2.05) is 18.2 Å². The highest BCUT2D eigenvalue weighted by atomic mass is 79.9. The molecule has 0 amide bonds. The summed E-state index contributed by atoms with van der Waals surface area (Å²) in [5.41, 5.74) is 1.50. The fourth-order valence-corrected chi connectivity index (χ4v) is 4.61. The fraction of sp³-hybridized carbons (Fsp3) is 0.412. The van der Waals surface area contributed by atoms with Crippen molar-refractivity contribution in [2.45, 2.75) is 36.9 Å². The number of aliphatic hydroxyl groups is 4. The Kier molecular flexibility index (Phi) is 6.18. The van der Waals surface area contributed by atoms with Crippen molar-refractivity contribution in [3.05, 3.63) is 55.1 Å². The first-order valence-electron chi connectivity index (χ1n) is 7.73. The van der Waals surface area contributed by atoms with Crippen molar-refractivity contribution in [1.82, 2.24) is 0 Å². The van der Waals surface area contributed by atoms with Gasteiger partial charge in [-0.25, -0.2) is 0 Å². The van der Waals surface area contributed by atoms with Gasteiger partial charge in [0.2, 0.25) is 0 Å². The molecule has 5 atom stereocenters. The first-order chi connectivity index (χ1) is 11.9. The van der Waals surface area contributed by atoms with E-state index in [1.54, 1.807) is 23.5 Å². The van der Waals surface area contributed by atoms with Crippen LogP contribution >= 0.6 is 38.9 Å². The van der Waals surface area contributed by atoms with Crippen molar-refractivity contribution in [2.75, 3.05) is 6.61 Å². The quantitative estimate of drug-likeness (QED) is 0.575. The van der Waals surface area contributed by atoms with Crippen LogP contribution in [0.2, 0.25) is 5.02 Å². The Labute approximate surface area is 162 Å². The molecule has 1 saturated heterocycles. The van der Waals surface area contributed by atoms with Crippen molar-refractivity contribution >= 4 is 38.9 Å². The van der Waals surface area contributed by atoms with Crippen molar-refractivity contribution in [3.8, 4) is 0 Å². The highest BCUT2D eigenvalue weighted by Crippen LogP contribution is 2.35. The van der Waals surface area contributed by atoms with Crippen LogP contribution in [0.3, 0.4) is 0 Å². The molecule has 1 aromatic heterocycles. The van der Waals surface area contributed by atoms with E-state index in [4.69, 9.17) is 16.3 Å². The molecule has 1 aliphatic heterocycles. The maximum absolute atomic E-state index is 10.3. The zero-order valence-corrected chi connectivity index (χ0v) is 16.2. The minimum Gasteiger partial charge on any atom is -0.394 e. The summed E-state index contributed by atoms with van der Waals surface area (Å²) in [5, 5.41) is 40.1. The number of ether oxygens (including phenoxy) is 1. The molecule has 8 heteroatoms. The predicted octanol–water partition coefficient (Wildman–Crippen LogP) is 2.27. The molecule has 2 aromatic rings. The van der Waals surface area contributed by atoms with Gasteiger partial charge in [0.25, 0.3) is 0 Å². The molecule has 0 bridgehead atoms. The van der Waals surface area contributed by atoms with Crippen LogP contribution in [0.25, 0.3) is 0 Å². The number of hydrogen-bond donors (Lipinski definition) is 4. The smallest absolute Gasteiger partial charge is 0.113 e. The van der Waals surface area contributed by atoms with E-state index in [-0.39, 0.29) is 0 Å². The number of aliphatic hydroxyl groups excluding tert-OH is 4. The normalized spacial score (nSPS) is 29.8. The van der Waals surface area contributed by atoms with Crippen LogP contribution in [0.15, 0.2) is 34.1 Å². The van der Waals surface area contributed by atoms with Crippen LogP contribution in [0.1, 0.15) is 22.1 Å². The molecule has 2 heterocycles. The summed E-state index contributed by atoms with van der Waals surface area (Å²) in [6.07, 6.45) is -5.24. The Bertz CT molecular complexity index is 738. The number of thiophene rings is 1. The van der Waals surface area contributed by atoms with Crippen LogP contribution in [-0.4, -0.2) is 51.4 Å². The number of halogens is 2. The minimum absolute atomic E-state index is 0.453. The average molecular weight is 450 g/mol. The van der Waals surface area contributed by atoms with E-state index in [0.29, 0.717) is 17.0 Å². The standard InChI is InChI=1S/C17H18BrClO5S/c18-13-4-2-10(25-13)6-9-5-8(1-3-11(9)19)17-16(23)15(22)14(21)12(7-20)24-17/h1-5,12,14-17,20-23H,6-7H2/t12-,14-,15+,16-,17?/m1/s1. The predicted molar refractivity (Wildman–Crippen MR) is 99.0 cm³/mol. The van der Waals surface area contributed by atoms with Crippen molar-refractivity contribution in [2.24, 2.45) is 0 Å². The van der Waals surface area contributed by atoms with E-state index >= 15 is 0 Å². The summed E-state index contributed by atoms with van der Waals surface area (Å²) in [6.45, 7) is -0.453. The van der Waals surface area contributed by atoms with Gasteiger partial charge in [0, 0.05) is 16.3 Å². The van der Waals surface area contributed by atoms with Gasteiger partial charge in [0.1, 0.15) is 30.5 Å². The van der Waals surface area contributed by atoms with Gasteiger partial charge in [-0.1, -0.05) is 23.7 Å². The summed E-state index contributed by atoms with van der Waals surface area (Å²) in [4.78, 5) is 1.12. The third-order valence-electron chi connectivity index (χ3n) is 4.28. The molecule has 4 N–H and O–H groups in total. The van der Waals surface area contributed by atoms with Gasteiger partial charge in [-0.15, -0.1) is 11.3 Å². The van der Waals surface area contributed by atoms with E-state index in [2.05, 4.69) is 15.9 Å². The molecular weight excluding hydrogens is 432 g/mol. The number of benzene rings is 1. The summed E-state index contributed by atoms with van der Waals surface area (Å²) in [6, 6.07) is 9.23. The molecule has 1 aromatic carbocycles. The number of rotatable bonds is 4. The maximum Gasteiger partial charge on any atom is 0.113 e. The van der Waals surface area contributed by atoms with Crippen LogP contribution in [0, 0.1) is 0 Å². The molecule has 1 unspecified atom stereocenters. The Hall–Kier alpha value is -0.510. The van der Waals surface area contributed by atoms with E-state index in [0.717, 1.165) is 14.2 Å². The lowest BCUT2D eigenvalue weighted by Crippen LogP contribution is -2.55. The molecule has 5 nitrogen and oxygen atoms in total. The fourth-order valence-electron chi connectivity index (χ4n) is 2.92. The Balaban J connectivity index is 1.88. The number of hydrogen-bond acceptors (Lipinski definition) is 6. The van der Waals surface area contributed by atoms with Crippen LogP contribution < -0.4 is 0 Å². The van der Waals surface area contributed by atoms with E-state index in [1.165, 1.54) is 0 Å². The molecule has 0 spiro atoms.